The number of hydrogen-bond donors (Lipinski definition) is 1. The summed E-state index contributed by atoms with van der Waals surface area (Å²) >= 11 is 4.20. The molecule has 3 amide bonds. The Balaban J connectivity index is 1.47. The molecule has 1 fully saturated rings. The van der Waals surface area contributed by atoms with Crippen molar-refractivity contribution >= 4 is 50.8 Å². The minimum absolute atomic E-state index is 0.0919. The van der Waals surface area contributed by atoms with E-state index < -0.39 is 0 Å². The Hall–Kier alpha value is -2.78. The molecule has 30 heavy (non-hydrogen) atoms. The molecule has 0 aliphatic carbocycles. The second kappa shape index (κ2) is 10.3. The SMILES string of the molecule is COc1ccc(C=C2SC(=O)N(CCNC(=O)COc3ccc(Br)cc3)C2=O)cc1. The van der Waals surface area contributed by atoms with Gasteiger partial charge in [0, 0.05) is 17.6 Å². The van der Waals surface area contributed by atoms with Crippen LogP contribution in [0.4, 0.5) is 4.79 Å². The van der Waals surface area contributed by atoms with Crippen molar-refractivity contribution in [1.82, 2.24) is 10.2 Å². The zero-order valence-corrected chi connectivity index (χ0v) is 18.5. The Morgan fingerprint density at radius 2 is 1.77 bits per heavy atom. The van der Waals surface area contributed by atoms with Gasteiger partial charge in [0.15, 0.2) is 6.61 Å². The highest BCUT2D eigenvalue weighted by Gasteiger charge is 2.34. The molecule has 0 aromatic heterocycles. The molecule has 2 aromatic carbocycles. The lowest BCUT2D eigenvalue weighted by Crippen LogP contribution is -2.38. The summed E-state index contributed by atoms with van der Waals surface area (Å²) in [6.45, 7) is 0.0892. The first-order chi connectivity index (χ1) is 14.5. The van der Waals surface area contributed by atoms with Crippen LogP contribution in [0.1, 0.15) is 5.56 Å². The minimum Gasteiger partial charge on any atom is -0.497 e. The summed E-state index contributed by atoms with van der Waals surface area (Å²) in [5.41, 5.74) is 0.791. The first-order valence-electron chi connectivity index (χ1n) is 9.01. The highest BCUT2D eigenvalue weighted by atomic mass is 79.9. The molecule has 1 aliphatic rings. The summed E-state index contributed by atoms with van der Waals surface area (Å²) < 4.78 is 11.4. The third-order valence-corrected chi connectivity index (χ3v) is 5.56. The van der Waals surface area contributed by atoms with Crippen molar-refractivity contribution in [2.75, 3.05) is 26.8 Å². The van der Waals surface area contributed by atoms with E-state index in [1.165, 1.54) is 0 Å². The maximum atomic E-state index is 12.5. The number of hydrogen-bond acceptors (Lipinski definition) is 6. The zero-order valence-electron chi connectivity index (χ0n) is 16.1. The minimum atomic E-state index is -0.374. The standard InChI is InChI=1S/C21H19BrN2O5S/c1-28-16-6-2-14(3-7-16)12-18-20(26)24(21(27)30-18)11-10-23-19(25)13-29-17-8-4-15(22)5-9-17/h2-9,12H,10-11,13H2,1H3,(H,23,25). The van der Waals surface area contributed by atoms with E-state index in [0.29, 0.717) is 16.4 Å². The number of halogens is 1. The summed E-state index contributed by atoms with van der Waals surface area (Å²) in [5.74, 6) is 0.572. The molecular formula is C21H19BrN2O5S. The molecular weight excluding hydrogens is 472 g/mol. The number of carbonyl (C=O) groups is 3. The third-order valence-electron chi connectivity index (χ3n) is 4.13. The lowest BCUT2D eigenvalue weighted by molar-refractivity contribution is -0.125. The number of imide groups is 1. The molecule has 0 radical (unpaired) electrons. The van der Waals surface area contributed by atoms with Gasteiger partial charge in [-0.1, -0.05) is 28.1 Å². The number of methoxy groups -OCH3 is 1. The quantitative estimate of drug-likeness (QED) is 0.568. The Bertz CT molecular complexity index is 960. The summed E-state index contributed by atoms with van der Waals surface area (Å²) in [7, 11) is 1.58. The fraction of sp³-hybridized carbons (Fsp3) is 0.190. The number of amides is 3. The first kappa shape index (κ1) is 21.9. The number of nitrogens with one attached hydrogen (secondary N) is 1. The van der Waals surface area contributed by atoms with Gasteiger partial charge in [-0.3, -0.25) is 19.3 Å². The maximum absolute atomic E-state index is 12.5. The van der Waals surface area contributed by atoms with Gasteiger partial charge in [-0.05, 0) is 59.8 Å². The molecule has 0 saturated carbocycles. The van der Waals surface area contributed by atoms with Crippen LogP contribution in [-0.2, 0) is 9.59 Å². The van der Waals surface area contributed by atoms with Crippen LogP contribution < -0.4 is 14.8 Å². The highest BCUT2D eigenvalue weighted by molar-refractivity contribution is 9.10. The van der Waals surface area contributed by atoms with Crippen LogP contribution in [0.15, 0.2) is 57.9 Å². The van der Waals surface area contributed by atoms with E-state index in [-0.39, 0.29) is 36.7 Å². The highest BCUT2D eigenvalue weighted by Crippen LogP contribution is 2.32. The van der Waals surface area contributed by atoms with Crippen molar-refractivity contribution in [3.63, 3.8) is 0 Å². The predicted octanol–water partition coefficient (Wildman–Crippen LogP) is 3.69. The molecule has 0 bridgehead atoms. The van der Waals surface area contributed by atoms with E-state index in [2.05, 4.69) is 21.2 Å². The molecule has 3 rings (SSSR count). The number of ether oxygens (including phenoxy) is 2. The van der Waals surface area contributed by atoms with Crippen molar-refractivity contribution in [3.05, 3.63) is 63.5 Å². The number of carbonyl (C=O) groups excluding carboxylic acids is 3. The van der Waals surface area contributed by atoms with Crippen molar-refractivity contribution in [2.24, 2.45) is 0 Å². The summed E-state index contributed by atoms with van der Waals surface area (Å²) in [6, 6.07) is 14.3. The molecule has 0 atom stereocenters. The molecule has 0 unspecified atom stereocenters. The van der Waals surface area contributed by atoms with Gasteiger partial charge in [-0.2, -0.15) is 0 Å². The average Bonchev–Trinajstić information content (AvgIpc) is 3.01. The van der Waals surface area contributed by atoms with Gasteiger partial charge in [0.1, 0.15) is 11.5 Å². The van der Waals surface area contributed by atoms with Crippen molar-refractivity contribution in [3.8, 4) is 11.5 Å². The van der Waals surface area contributed by atoms with E-state index in [4.69, 9.17) is 9.47 Å². The van der Waals surface area contributed by atoms with Gasteiger partial charge in [0.05, 0.1) is 12.0 Å². The fourth-order valence-corrected chi connectivity index (χ4v) is 3.71. The molecule has 156 valence electrons. The van der Waals surface area contributed by atoms with Crippen LogP contribution in [0.3, 0.4) is 0 Å². The van der Waals surface area contributed by atoms with Crippen LogP contribution in [0.5, 0.6) is 11.5 Å². The maximum Gasteiger partial charge on any atom is 0.293 e. The molecule has 9 heteroatoms. The molecule has 2 aromatic rings. The summed E-state index contributed by atoms with van der Waals surface area (Å²) in [5, 5.41) is 2.29. The average molecular weight is 491 g/mol. The van der Waals surface area contributed by atoms with Crippen LogP contribution in [0.25, 0.3) is 6.08 Å². The first-order valence-corrected chi connectivity index (χ1v) is 10.6. The topological polar surface area (TPSA) is 84.9 Å². The van der Waals surface area contributed by atoms with Gasteiger partial charge >= 0.3 is 0 Å². The number of benzene rings is 2. The molecule has 1 N–H and O–H groups in total. The lowest BCUT2D eigenvalue weighted by atomic mass is 10.2. The van der Waals surface area contributed by atoms with Crippen molar-refractivity contribution in [1.29, 1.82) is 0 Å². The van der Waals surface area contributed by atoms with Gasteiger partial charge in [0.2, 0.25) is 0 Å². The van der Waals surface area contributed by atoms with Crippen LogP contribution in [0, 0.1) is 0 Å². The van der Waals surface area contributed by atoms with E-state index in [0.717, 1.165) is 26.7 Å². The smallest absolute Gasteiger partial charge is 0.293 e. The van der Waals surface area contributed by atoms with E-state index >= 15 is 0 Å². The molecule has 1 aliphatic heterocycles. The van der Waals surface area contributed by atoms with Gasteiger partial charge in [-0.15, -0.1) is 0 Å². The van der Waals surface area contributed by atoms with Crippen molar-refractivity contribution in [2.45, 2.75) is 0 Å². The molecule has 0 spiro atoms. The second-order valence-corrected chi connectivity index (χ2v) is 8.11. The normalized spacial score (nSPS) is 14.9. The van der Waals surface area contributed by atoms with E-state index in [1.54, 1.807) is 49.6 Å². The molecule has 1 heterocycles. The van der Waals surface area contributed by atoms with Crippen LogP contribution >= 0.6 is 27.7 Å². The Morgan fingerprint density at radius 1 is 1.10 bits per heavy atom. The van der Waals surface area contributed by atoms with Crippen molar-refractivity contribution < 1.29 is 23.9 Å². The zero-order chi connectivity index (χ0) is 21.5. The summed E-state index contributed by atoms with van der Waals surface area (Å²) in [4.78, 5) is 38.1. The predicted molar refractivity (Wildman–Crippen MR) is 118 cm³/mol. The fourth-order valence-electron chi connectivity index (χ4n) is 2.58. The monoisotopic (exact) mass is 490 g/mol. The number of thioether (sulfide) groups is 1. The van der Waals surface area contributed by atoms with Crippen LogP contribution in [-0.4, -0.2) is 48.8 Å². The molecule has 7 nitrogen and oxygen atoms in total. The van der Waals surface area contributed by atoms with Crippen LogP contribution in [0.2, 0.25) is 0 Å². The number of rotatable bonds is 8. The summed E-state index contributed by atoms with van der Waals surface area (Å²) in [6.07, 6.45) is 1.66. The Kier molecular flexibility index (Phi) is 7.53. The van der Waals surface area contributed by atoms with Gasteiger partial charge in [0.25, 0.3) is 17.1 Å². The van der Waals surface area contributed by atoms with E-state index in [1.807, 2.05) is 12.1 Å². The van der Waals surface area contributed by atoms with E-state index in [9.17, 15) is 14.4 Å². The lowest BCUT2D eigenvalue weighted by Gasteiger charge is -2.13. The number of nitrogens with zero attached hydrogens (tertiary/aromatic N) is 1. The van der Waals surface area contributed by atoms with Gasteiger partial charge < -0.3 is 14.8 Å². The Labute approximate surface area is 186 Å². The van der Waals surface area contributed by atoms with Gasteiger partial charge in [-0.25, -0.2) is 0 Å². The Morgan fingerprint density at radius 3 is 2.43 bits per heavy atom. The largest absolute Gasteiger partial charge is 0.497 e. The molecule has 1 saturated heterocycles. The third kappa shape index (κ3) is 5.87. The second-order valence-electron chi connectivity index (χ2n) is 6.20.